The van der Waals surface area contributed by atoms with Gasteiger partial charge in [0.1, 0.15) is 6.61 Å². The molecule has 0 unspecified atom stereocenters. The number of amides is 1. The molecule has 0 aliphatic carbocycles. The van der Waals surface area contributed by atoms with Crippen LogP contribution in [-0.2, 0) is 11.3 Å². The summed E-state index contributed by atoms with van der Waals surface area (Å²) < 4.78 is 5.07. The number of carbonyl (C=O) groups is 1. The number of hydrogen-bond donors (Lipinski definition) is 1. The Labute approximate surface area is 121 Å². The molecule has 1 amide bonds. The van der Waals surface area contributed by atoms with Crippen molar-refractivity contribution in [1.82, 2.24) is 0 Å². The van der Waals surface area contributed by atoms with Gasteiger partial charge >= 0.3 is 6.09 Å². The van der Waals surface area contributed by atoms with Crippen molar-refractivity contribution < 1.29 is 14.5 Å². The number of anilines is 1. The quantitative estimate of drug-likeness (QED) is 0.687. The van der Waals surface area contributed by atoms with E-state index in [1.54, 1.807) is 6.92 Å². The Kier molecular flexibility index (Phi) is 4.50. The fourth-order valence-electron chi connectivity index (χ4n) is 1.82. The van der Waals surface area contributed by atoms with Crippen LogP contribution in [0.25, 0.3) is 0 Å². The molecule has 6 nitrogen and oxygen atoms in total. The summed E-state index contributed by atoms with van der Waals surface area (Å²) in [6, 6.07) is 13.6. The molecule has 0 spiro atoms. The van der Waals surface area contributed by atoms with E-state index < -0.39 is 11.0 Å². The Morgan fingerprint density at radius 3 is 2.57 bits per heavy atom. The first kappa shape index (κ1) is 14.5. The lowest BCUT2D eigenvalue weighted by atomic mass is 10.2. The van der Waals surface area contributed by atoms with Gasteiger partial charge in [-0.25, -0.2) is 4.79 Å². The second-order valence-corrected chi connectivity index (χ2v) is 4.45. The summed E-state index contributed by atoms with van der Waals surface area (Å²) in [7, 11) is 0. The summed E-state index contributed by atoms with van der Waals surface area (Å²) in [6.45, 7) is 1.78. The summed E-state index contributed by atoms with van der Waals surface area (Å²) in [5.74, 6) is 0. The van der Waals surface area contributed by atoms with Gasteiger partial charge in [-0.2, -0.15) is 0 Å². The van der Waals surface area contributed by atoms with Crippen LogP contribution in [0.4, 0.5) is 16.2 Å². The maximum absolute atomic E-state index is 11.6. The van der Waals surface area contributed by atoms with Gasteiger partial charge in [0.25, 0.3) is 5.69 Å². The van der Waals surface area contributed by atoms with E-state index in [0.717, 1.165) is 5.56 Å². The highest BCUT2D eigenvalue weighted by molar-refractivity contribution is 5.85. The van der Waals surface area contributed by atoms with Gasteiger partial charge in [-0.1, -0.05) is 30.3 Å². The number of rotatable bonds is 4. The predicted molar refractivity (Wildman–Crippen MR) is 78.1 cm³/mol. The number of ether oxygens (including phenoxy) is 1. The third-order valence-corrected chi connectivity index (χ3v) is 2.85. The van der Waals surface area contributed by atoms with E-state index in [9.17, 15) is 14.9 Å². The molecule has 0 atom stereocenters. The van der Waals surface area contributed by atoms with Crippen molar-refractivity contribution in [1.29, 1.82) is 0 Å². The average molecular weight is 286 g/mol. The third-order valence-electron chi connectivity index (χ3n) is 2.85. The van der Waals surface area contributed by atoms with Crippen LogP contribution in [-0.4, -0.2) is 11.0 Å². The van der Waals surface area contributed by atoms with E-state index >= 15 is 0 Å². The zero-order valence-corrected chi connectivity index (χ0v) is 11.4. The van der Waals surface area contributed by atoms with Crippen molar-refractivity contribution in [2.24, 2.45) is 0 Å². The Morgan fingerprint density at radius 1 is 1.24 bits per heavy atom. The molecule has 0 aromatic heterocycles. The van der Waals surface area contributed by atoms with Gasteiger partial charge < -0.3 is 4.74 Å². The van der Waals surface area contributed by atoms with Gasteiger partial charge in [0.2, 0.25) is 0 Å². The van der Waals surface area contributed by atoms with E-state index in [4.69, 9.17) is 4.74 Å². The van der Waals surface area contributed by atoms with Gasteiger partial charge in [0.15, 0.2) is 0 Å². The van der Waals surface area contributed by atoms with Gasteiger partial charge in [0, 0.05) is 17.3 Å². The van der Waals surface area contributed by atoms with E-state index in [1.165, 1.54) is 18.2 Å². The van der Waals surface area contributed by atoms with Crippen LogP contribution >= 0.6 is 0 Å². The van der Waals surface area contributed by atoms with Crippen molar-refractivity contribution in [3.05, 3.63) is 69.8 Å². The first-order valence-corrected chi connectivity index (χ1v) is 6.29. The molecule has 0 aliphatic heterocycles. The van der Waals surface area contributed by atoms with Crippen LogP contribution in [0.5, 0.6) is 0 Å². The van der Waals surface area contributed by atoms with Crippen LogP contribution in [0.2, 0.25) is 0 Å². The molecule has 1 N–H and O–H groups in total. The van der Waals surface area contributed by atoms with Gasteiger partial charge in [-0.15, -0.1) is 0 Å². The van der Waals surface area contributed by atoms with E-state index in [2.05, 4.69) is 5.32 Å². The Balaban J connectivity index is 1.94. The lowest BCUT2D eigenvalue weighted by Gasteiger charge is -2.07. The highest BCUT2D eigenvalue weighted by Crippen LogP contribution is 2.21. The number of nitrogens with zero attached hydrogens (tertiary/aromatic N) is 1. The summed E-state index contributed by atoms with van der Waals surface area (Å²) in [5.41, 5.74) is 1.82. The highest BCUT2D eigenvalue weighted by atomic mass is 16.6. The Morgan fingerprint density at radius 2 is 1.95 bits per heavy atom. The third kappa shape index (κ3) is 4.04. The normalized spacial score (nSPS) is 9.95. The first-order chi connectivity index (χ1) is 10.1. The molecule has 0 fully saturated rings. The van der Waals surface area contributed by atoms with Crippen molar-refractivity contribution >= 4 is 17.5 Å². The summed E-state index contributed by atoms with van der Waals surface area (Å²) >= 11 is 0. The second kappa shape index (κ2) is 6.51. The van der Waals surface area contributed by atoms with Crippen LogP contribution in [0.1, 0.15) is 11.1 Å². The fraction of sp³-hybridized carbons (Fsp3) is 0.133. The maximum Gasteiger partial charge on any atom is 0.411 e. The minimum Gasteiger partial charge on any atom is -0.444 e. The standard InChI is InChI=1S/C15H14N2O4/c1-11-9-13(7-8-14(11)17(19)20)16-15(18)21-10-12-5-3-2-4-6-12/h2-9H,10H2,1H3,(H,16,18). The van der Waals surface area contributed by atoms with Crippen molar-refractivity contribution in [3.63, 3.8) is 0 Å². The van der Waals surface area contributed by atoms with Crippen molar-refractivity contribution in [2.45, 2.75) is 13.5 Å². The van der Waals surface area contributed by atoms with Crippen LogP contribution in [0.15, 0.2) is 48.5 Å². The highest BCUT2D eigenvalue weighted by Gasteiger charge is 2.11. The second-order valence-electron chi connectivity index (χ2n) is 4.45. The van der Waals surface area contributed by atoms with Crippen LogP contribution in [0, 0.1) is 17.0 Å². The molecular formula is C15H14N2O4. The van der Waals surface area contributed by atoms with Crippen molar-refractivity contribution in [2.75, 3.05) is 5.32 Å². The molecule has 0 radical (unpaired) electrons. The minimum absolute atomic E-state index is 0.0122. The molecule has 0 saturated carbocycles. The number of nitro groups is 1. The van der Waals surface area contributed by atoms with E-state index in [0.29, 0.717) is 11.3 Å². The Hall–Kier alpha value is -2.89. The molecule has 21 heavy (non-hydrogen) atoms. The average Bonchev–Trinajstić information content (AvgIpc) is 2.46. The number of carbonyl (C=O) groups excluding carboxylic acids is 1. The van der Waals surface area contributed by atoms with Gasteiger partial charge in [-0.05, 0) is 24.6 Å². The van der Waals surface area contributed by atoms with Crippen LogP contribution in [0.3, 0.4) is 0 Å². The molecule has 0 aliphatic rings. The zero-order valence-electron chi connectivity index (χ0n) is 11.4. The summed E-state index contributed by atoms with van der Waals surface area (Å²) in [5, 5.41) is 13.2. The zero-order chi connectivity index (χ0) is 15.2. The van der Waals surface area contributed by atoms with Crippen LogP contribution < -0.4 is 5.32 Å². The van der Waals surface area contributed by atoms with Gasteiger partial charge in [-0.3, -0.25) is 15.4 Å². The SMILES string of the molecule is Cc1cc(NC(=O)OCc2ccccc2)ccc1[N+](=O)[O-]. The van der Waals surface area contributed by atoms with E-state index in [1.807, 2.05) is 30.3 Å². The van der Waals surface area contributed by atoms with Crippen molar-refractivity contribution in [3.8, 4) is 0 Å². The molecular weight excluding hydrogens is 272 g/mol. The fourth-order valence-corrected chi connectivity index (χ4v) is 1.82. The number of hydrogen-bond acceptors (Lipinski definition) is 4. The molecule has 0 heterocycles. The molecule has 2 rings (SSSR count). The molecule has 0 bridgehead atoms. The predicted octanol–water partition coefficient (Wildman–Crippen LogP) is 3.65. The lowest BCUT2D eigenvalue weighted by Crippen LogP contribution is -2.13. The Bertz CT molecular complexity index is 656. The van der Waals surface area contributed by atoms with Gasteiger partial charge in [0.05, 0.1) is 4.92 Å². The largest absolute Gasteiger partial charge is 0.444 e. The molecule has 108 valence electrons. The maximum atomic E-state index is 11.6. The topological polar surface area (TPSA) is 81.5 Å². The first-order valence-electron chi connectivity index (χ1n) is 6.29. The summed E-state index contributed by atoms with van der Waals surface area (Å²) in [4.78, 5) is 21.9. The summed E-state index contributed by atoms with van der Waals surface area (Å²) in [6.07, 6.45) is -0.605. The number of aryl methyl sites for hydroxylation is 1. The molecule has 0 saturated heterocycles. The number of nitrogens with one attached hydrogen (secondary N) is 1. The monoisotopic (exact) mass is 286 g/mol. The molecule has 2 aromatic rings. The molecule has 6 heteroatoms. The molecule has 2 aromatic carbocycles. The number of nitro benzene ring substituents is 1. The van der Waals surface area contributed by atoms with E-state index in [-0.39, 0.29) is 12.3 Å². The lowest BCUT2D eigenvalue weighted by molar-refractivity contribution is -0.385. The number of benzene rings is 2. The minimum atomic E-state index is -0.605. The smallest absolute Gasteiger partial charge is 0.411 e.